The lowest BCUT2D eigenvalue weighted by Crippen LogP contribution is -2.53. The molecule has 0 saturated carbocycles. The molecule has 1 amide bonds. The Kier molecular flexibility index (Phi) is 5.65. The Hall–Kier alpha value is -4.91. The van der Waals surface area contributed by atoms with E-state index in [2.05, 4.69) is 10.3 Å². The van der Waals surface area contributed by atoms with Gasteiger partial charge in [0.1, 0.15) is 11.9 Å². The van der Waals surface area contributed by atoms with Crippen molar-refractivity contribution in [1.29, 1.82) is 0 Å². The van der Waals surface area contributed by atoms with Gasteiger partial charge in [0.05, 0.1) is 17.0 Å². The first-order valence-corrected chi connectivity index (χ1v) is 12.0. The van der Waals surface area contributed by atoms with E-state index in [9.17, 15) is 14.4 Å². The zero-order chi connectivity index (χ0) is 25.4. The minimum Gasteiger partial charge on any atom is -0.340 e. The Labute approximate surface area is 212 Å². The van der Waals surface area contributed by atoms with Crippen molar-refractivity contribution in [3.63, 3.8) is 0 Å². The molecule has 1 N–H and O–H groups in total. The third kappa shape index (κ3) is 3.90. The van der Waals surface area contributed by atoms with Gasteiger partial charge >= 0.3 is 0 Å². The fourth-order valence-corrected chi connectivity index (χ4v) is 5.13. The average molecular weight is 487 g/mol. The molecule has 1 aliphatic rings. The molecule has 3 heterocycles. The lowest BCUT2D eigenvalue weighted by atomic mass is 9.74. The van der Waals surface area contributed by atoms with Crippen LogP contribution in [0.3, 0.4) is 0 Å². The molecule has 7 heteroatoms. The van der Waals surface area contributed by atoms with E-state index >= 15 is 0 Å². The predicted molar refractivity (Wildman–Crippen MR) is 139 cm³/mol. The second-order valence-electron chi connectivity index (χ2n) is 8.96. The number of imidazole rings is 1. The highest BCUT2D eigenvalue weighted by Gasteiger charge is 2.49. The molecule has 6 rings (SSSR count). The number of para-hydroxylation sites is 2. The first kappa shape index (κ1) is 22.5. The van der Waals surface area contributed by atoms with Crippen molar-refractivity contribution in [2.24, 2.45) is 0 Å². The summed E-state index contributed by atoms with van der Waals surface area (Å²) in [6.45, 7) is 0. The Bertz CT molecular complexity index is 1610. The van der Waals surface area contributed by atoms with Crippen LogP contribution >= 0.6 is 0 Å². The Balaban J connectivity index is 1.57. The van der Waals surface area contributed by atoms with E-state index < -0.39 is 23.8 Å². The Morgan fingerprint density at radius 1 is 0.757 bits per heavy atom. The maximum Gasteiger partial charge on any atom is 0.255 e. The fourth-order valence-electron chi connectivity index (χ4n) is 5.13. The molecule has 0 bridgehead atoms. The second kappa shape index (κ2) is 9.28. The van der Waals surface area contributed by atoms with Crippen molar-refractivity contribution in [1.82, 2.24) is 19.9 Å². The predicted octanol–water partition coefficient (Wildman–Crippen LogP) is 4.63. The number of hydrogen-bond donors (Lipinski definition) is 1. The third-order valence-corrected chi connectivity index (χ3v) is 6.82. The van der Waals surface area contributed by atoms with Gasteiger partial charge in [-0.3, -0.25) is 23.9 Å². The normalized spacial score (nSPS) is 18.8. The van der Waals surface area contributed by atoms with Crippen LogP contribution in [0, 0.1) is 0 Å². The summed E-state index contributed by atoms with van der Waals surface area (Å²) in [7, 11) is 0. The molecule has 0 saturated heterocycles. The number of nitrogens with one attached hydrogen (secondary N) is 1. The second-order valence-corrected chi connectivity index (χ2v) is 8.96. The summed E-state index contributed by atoms with van der Waals surface area (Å²) in [5.41, 5.74) is 2.86. The molecule has 3 unspecified atom stereocenters. The van der Waals surface area contributed by atoms with Gasteiger partial charge in [0.15, 0.2) is 5.78 Å². The number of hydrogen-bond acceptors (Lipinski definition) is 5. The molecular formula is C30H22N4O3. The number of carbonyl (C=O) groups excluding carboxylic acids is 3. The number of ketones is 1. The molecule has 5 aromatic rings. The minimum absolute atomic E-state index is 0.176. The highest BCUT2D eigenvalue weighted by Crippen LogP contribution is 2.43. The smallest absolute Gasteiger partial charge is 0.255 e. The monoisotopic (exact) mass is 486 g/mol. The molecule has 7 nitrogen and oxygen atoms in total. The molecule has 0 aliphatic carbocycles. The van der Waals surface area contributed by atoms with Gasteiger partial charge in [0.2, 0.25) is 0 Å². The van der Waals surface area contributed by atoms with Crippen LogP contribution in [0.4, 0.5) is 0 Å². The summed E-state index contributed by atoms with van der Waals surface area (Å²) in [6, 6.07) is 27.5. The maximum absolute atomic E-state index is 14.1. The molecule has 1 aliphatic heterocycles. The van der Waals surface area contributed by atoms with Crippen molar-refractivity contribution in [3.8, 4) is 0 Å². The zero-order valence-corrected chi connectivity index (χ0v) is 19.7. The highest BCUT2D eigenvalue weighted by molar-refractivity contribution is 6.07. The number of pyridine rings is 1. The average Bonchev–Trinajstić information content (AvgIpc) is 3.35. The van der Waals surface area contributed by atoms with E-state index in [1.807, 2.05) is 30.3 Å². The van der Waals surface area contributed by atoms with Gasteiger partial charge in [-0.05, 0) is 42.0 Å². The SMILES string of the molecule is O=C(NC1C(=O)n2c(nc3ccccc32)C(C(=O)c2ccccc2)C1c1ccncc1)c1ccccc1. The minimum atomic E-state index is -1.02. The van der Waals surface area contributed by atoms with Crippen LogP contribution in [0.15, 0.2) is 109 Å². The molecule has 3 atom stereocenters. The molecule has 180 valence electrons. The number of carbonyl (C=O) groups is 3. The molecule has 37 heavy (non-hydrogen) atoms. The first-order chi connectivity index (χ1) is 18.1. The lowest BCUT2D eigenvalue weighted by Gasteiger charge is -2.37. The number of fused-ring (bicyclic) bond motifs is 3. The molecule has 0 spiro atoms. The van der Waals surface area contributed by atoms with Gasteiger partial charge in [-0.1, -0.05) is 60.7 Å². The third-order valence-electron chi connectivity index (χ3n) is 6.82. The quantitative estimate of drug-likeness (QED) is 0.366. The first-order valence-electron chi connectivity index (χ1n) is 12.0. The van der Waals surface area contributed by atoms with Gasteiger partial charge in [-0.25, -0.2) is 4.98 Å². The van der Waals surface area contributed by atoms with E-state index in [1.165, 1.54) is 4.57 Å². The van der Waals surface area contributed by atoms with Crippen LogP contribution < -0.4 is 5.32 Å². The highest BCUT2D eigenvalue weighted by atomic mass is 16.2. The van der Waals surface area contributed by atoms with Crippen LogP contribution in [-0.2, 0) is 0 Å². The Morgan fingerprint density at radius 3 is 2.08 bits per heavy atom. The van der Waals surface area contributed by atoms with Crippen LogP contribution in [-0.4, -0.2) is 38.2 Å². The number of aromatic nitrogens is 3. The van der Waals surface area contributed by atoms with E-state index in [1.54, 1.807) is 79.1 Å². The molecular weight excluding hydrogens is 464 g/mol. The van der Waals surface area contributed by atoms with Crippen LogP contribution in [0.25, 0.3) is 11.0 Å². The Morgan fingerprint density at radius 2 is 1.38 bits per heavy atom. The summed E-state index contributed by atoms with van der Waals surface area (Å²) in [4.78, 5) is 50.5. The number of Topliss-reactive ketones (excluding diaryl/α,β-unsaturated/α-hetero) is 1. The van der Waals surface area contributed by atoms with Crippen molar-refractivity contribution in [3.05, 3.63) is 132 Å². The van der Waals surface area contributed by atoms with E-state index in [0.29, 0.717) is 33.5 Å². The summed E-state index contributed by atoms with van der Waals surface area (Å²) in [5, 5.41) is 2.96. The largest absolute Gasteiger partial charge is 0.340 e. The standard InChI is InChI=1S/C30H22N4O3/c35-27(20-9-3-1-4-10-20)25-24(19-15-17-31-18-16-19)26(33-29(36)21-11-5-2-6-12-21)30(37)34-23-14-8-7-13-22(23)32-28(25)34/h1-18,24-26H,(H,33,36). The van der Waals surface area contributed by atoms with Crippen molar-refractivity contribution in [2.45, 2.75) is 17.9 Å². The number of benzene rings is 3. The van der Waals surface area contributed by atoms with E-state index in [-0.39, 0.29) is 11.7 Å². The molecule has 3 aromatic carbocycles. The van der Waals surface area contributed by atoms with Crippen LogP contribution in [0.2, 0.25) is 0 Å². The van der Waals surface area contributed by atoms with E-state index in [4.69, 9.17) is 4.98 Å². The van der Waals surface area contributed by atoms with Gasteiger partial charge in [0, 0.05) is 29.4 Å². The van der Waals surface area contributed by atoms with Crippen molar-refractivity contribution < 1.29 is 14.4 Å². The van der Waals surface area contributed by atoms with Crippen molar-refractivity contribution in [2.75, 3.05) is 0 Å². The van der Waals surface area contributed by atoms with Crippen molar-refractivity contribution >= 4 is 28.6 Å². The van der Waals surface area contributed by atoms with Gasteiger partial charge in [-0.2, -0.15) is 0 Å². The van der Waals surface area contributed by atoms with Crippen LogP contribution in [0.5, 0.6) is 0 Å². The lowest BCUT2D eigenvalue weighted by molar-refractivity contribution is 0.0727. The zero-order valence-electron chi connectivity index (χ0n) is 19.7. The summed E-state index contributed by atoms with van der Waals surface area (Å²) in [6.07, 6.45) is 3.25. The summed E-state index contributed by atoms with van der Waals surface area (Å²) >= 11 is 0. The molecule has 0 radical (unpaired) electrons. The number of rotatable bonds is 5. The molecule has 0 fully saturated rings. The van der Waals surface area contributed by atoms with Gasteiger partial charge in [0.25, 0.3) is 11.8 Å². The van der Waals surface area contributed by atoms with Gasteiger partial charge < -0.3 is 5.32 Å². The van der Waals surface area contributed by atoms with E-state index in [0.717, 1.165) is 0 Å². The summed E-state index contributed by atoms with van der Waals surface area (Å²) < 4.78 is 1.49. The topological polar surface area (TPSA) is 94.0 Å². The van der Waals surface area contributed by atoms with Crippen LogP contribution in [0.1, 0.15) is 48.7 Å². The van der Waals surface area contributed by atoms with Gasteiger partial charge in [-0.15, -0.1) is 0 Å². The number of nitrogens with zero attached hydrogens (tertiary/aromatic N) is 3. The fraction of sp³-hybridized carbons (Fsp3) is 0.100. The molecule has 2 aromatic heterocycles. The number of amides is 1. The summed E-state index contributed by atoms with van der Waals surface area (Å²) in [5.74, 6) is -2.06. The maximum atomic E-state index is 14.1.